The van der Waals surface area contributed by atoms with E-state index in [1.54, 1.807) is 25.2 Å². The van der Waals surface area contributed by atoms with E-state index in [2.05, 4.69) is 27.2 Å². The van der Waals surface area contributed by atoms with Crippen LogP contribution in [0.2, 0.25) is 0 Å². The number of thiazole rings is 1. The van der Waals surface area contributed by atoms with E-state index in [1.807, 2.05) is 0 Å². The summed E-state index contributed by atoms with van der Waals surface area (Å²) in [5.41, 5.74) is 1.13. The lowest BCUT2D eigenvalue weighted by Gasteiger charge is -2.29. The van der Waals surface area contributed by atoms with Crippen LogP contribution in [0.3, 0.4) is 0 Å². The van der Waals surface area contributed by atoms with Crippen molar-refractivity contribution in [2.45, 2.75) is 63.7 Å². The van der Waals surface area contributed by atoms with Gasteiger partial charge in [-0.15, -0.1) is 11.3 Å². The minimum atomic E-state index is -3.14. The summed E-state index contributed by atoms with van der Waals surface area (Å²) in [5.74, 6) is 0.448. The summed E-state index contributed by atoms with van der Waals surface area (Å²) in [6.07, 6.45) is 10.8. The van der Waals surface area contributed by atoms with Crippen molar-refractivity contribution in [3.05, 3.63) is 16.6 Å². The molecular formula is C17H27N3O2S2. The molecule has 0 spiro atoms. The van der Waals surface area contributed by atoms with E-state index in [4.69, 9.17) is 0 Å². The highest BCUT2D eigenvalue weighted by atomic mass is 32.2. The lowest BCUT2D eigenvalue weighted by atomic mass is 9.86. The number of hydrogen-bond acceptors (Lipinski definition) is 5. The molecule has 134 valence electrons. The first-order valence-electron chi connectivity index (χ1n) is 8.85. The zero-order chi connectivity index (χ0) is 17.2. The van der Waals surface area contributed by atoms with Gasteiger partial charge in [-0.1, -0.05) is 6.08 Å². The molecule has 2 aliphatic rings. The minimum absolute atomic E-state index is 0.361. The third kappa shape index (κ3) is 4.37. The monoisotopic (exact) mass is 369 g/mol. The highest BCUT2D eigenvalue weighted by Crippen LogP contribution is 2.31. The summed E-state index contributed by atoms with van der Waals surface area (Å²) in [6.45, 7) is 4.00. The highest BCUT2D eigenvalue weighted by molar-refractivity contribution is 7.90. The largest absolute Gasteiger partial charge is 0.359 e. The molecular weight excluding hydrogens is 342 g/mol. The number of nitrogens with one attached hydrogen (secondary N) is 2. The normalized spacial score (nSPS) is 24.1. The Morgan fingerprint density at radius 2 is 2.04 bits per heavy atom. The summed E-state index contributed by atoms with van der Waals surface area (Å²) >= 11 is 1.78. The fraction of sp³-hybridized carbons (Fsp3) is 0.706. The van der Waals surface area contributed by atoms with Crippen LogP contribution in [0.15, 0.2) is 6.08 Å². The number of nitrogens with zero attached hydrogens (tertiary/aromatic N) is 1. The third-order valence-electron chi connectivity index (χ3n) is 4.91. The molecule has 2 N–H and O–H groups in total. The van der Waals surface area contributed by atoms with Crippen LogP contribution < -0.4 is 10.0 Å². The Labute approximate surface area is 149 Å². The molecule has 7 heteroatoms. The van der Waals surface area contributed by atoms with Crippen LogP contribution in [-0.4, -0.2) is 31.2 Å². The summed E-state index contributed by atoms with van der Waals surface area (Å²) in [4.78, 5) is 6.07. The topological polar surface area (TPSA) is 71.1 Å². The molecule has 0 amide bonds. The predicted octanol–water partition coefficient (Wildman–Crippen LogP) is 3.40. The van der Waals surface area contributed by atoms with Gasteiger partial charge in [0.05, 0.1) is 10.9 Å². The molecule has 1 aromatic rings. The molecule has 0 unspecified atom stereocenters. The van der Waals surface area contributed by atoms with Gasteiger partial charge in [-0.3, -0.25) is 0 Å². The molecule has 1 saturated carbocycles. The van der Waals surface area contributed by atoms with Crippen molar-refractivity contribution in [3.63, 3.8) is 0 Å². The van der Waals surface area contributed by atoms with Gasteiger partial charge in [0.25, 0.3) is 0 Å². The van der Waals surface area contributed by atoms with Gasteiger partial charge in [0.2, 0.25) is 10.0 Å². The zero-order valence-corrected chi connectivity index (χ0v) is 16.0. The first kappa shape index (κ1) is 17.9. The van der Waals surface area contributed by atoms with Crippen molar-refractivity contribution in [1.82, 2.24) is 9.71 Å². The van der Waals surface area contributed by atoms with E-state index < -0.39 is 10.0 Å². The van der Waals surface area contributed by atoms with E-state index in [-0.39, 0.29) is 5.25 Å². The molecule has 24 heavy (non-hydrogen) atoms. The van der Waals surface area contributed by atoms with Crippen LogP contribution in [0.1, 0.15) is 56.5 Å². The second-order valence-corrected chi connectivity index (χ2v) is 10.5. The molecule has 1 fully saturated rings. The van der Waals surface area contributed by atoms with Crippen molar-refractivity contribution >= 4 is 32.6 Å². The van der Waals surface area contributed by atoms with Crippen molar-refractivity contribution < 1.29 is 8.42 Å². The standard InChI is InChI=1S/C17H27N3O2S2/c1-12(2)24(21,22)18-11-13-7-9-14(10-8-13)19-17-20-15-5-3-4-6-16(15)23-17/h3,5,12-14,18H,4,6-11H2,1-2H3,(H,19,20). The summed E-state index contributed by atoms with van der Waals surface area (Å²) in [5, 5.41) is 4.26. The van der Waals surface area contributed by atoms with Crippen molar-refractivity contribution in [3.8, 4) is 0 Å². The van der Waals surface area contributed by atoms with Crippen molar-refractivity contribution in [1.29, 1.82) is 0 Å². The summed E-state index contributed by atoms with van der Waals surface area (Å²) in [6, 6.07) is 0.458. The first-order valence-corrected chi connectivity index (χ1v) is 11.2. The van der Waals surface area contributed by atoms with Crippen LogP contribution >= 0.6 is 11.3 Å². The number of rotatable bonds is 6. The number of sulfonamides is 1. The van der Waals surface area contributed by atoms with Crippen LogP contribution in [0.4, 0.5) is 5.13 Å². The smallest absolute Gasteiger partial charge is 0.213 e. The summed E-state index contributed by atoms with van der Waals surface area (Å²) in [7, 11) is -3.14. The van der Waals surface area contributed by atoms with Crippen LogP contribution in [0, 0.1) is 5.92 Å². The number of anilines is 1. The Balaban J connectivity index is 1.45. The number of hydrogen-bond donors (Lipinski definition) is 2. The Bertz CT molecular complexity index is 687. The Morgan fingerprint density at radius 3 is 2.71 bits per heavy atom. The molecule has 3 rings (SSSR count). The fourth-order valence-electron chi connectivity index (χ4n) is 3.23. The SMILES string of the molecule is CC(C)S(=O)(=O)NCC1CCC(Nc2nc3c(s2)CCC=C3)CC1. The van der Waals surface area contributed by atoms with Gasteiger partial charge in [0.15, 0.2) is 5.13 Å². The van der Waals surface area contributed by atoms with Gasteiger partial charge in [0.1, 0.15) is 0 Å². The average molecular weight is 370 g/mol. The fourth-order valence-corrected chi connectivity index (χ4v) is 5.07. The van der Waals surface area contributed by atoms with Gasteiger partial charge in [-0.05, 0) is 64.4 Å². The van der Waals surface area contributed by atoms with E-state index in [0.717, 1.165) is 49.4 Å². The molecule has 5 nitrogen and oxygen atoms in total. The maximum absolute atomic E-state index is 11.8. The zero-order valence-electron chi connectivity index (χ0n) is 14.4. The highest BCUT2D eigenvalue weighted by Gasteiger charge is 2.24. The van der Waals surface area contributed by atoms with E-state index in [9.17, 15) is 8.42 Å². The Morgan fingerprint density at radius 1 is 1.29 bits per heavy atom. The molecule has 0 aromatic carbocycles. The molecule has 0 atom stereocenters. The average Bonchev–Trinajstić information content (AvgIpc) is 2.96. The molecule has 0 bridgehead atoms. The number of aryl methyl sites for hydroxylation is 1. The van der Waals surface area contributed by atoms with Crippen molar-refractivity contribution in [2.75, 3.05) is 11.9 Å². The molecule has 0 radical (unpaired) electrons. The first-order chi connectivity index (χ1) is 11.4. The predicted molar refractivity (Wildman–Crippen MR) is 101 cm³/mol. The second kappa shape index (κ2) is 7.54. The van der Waals surface area contributed by atoms with Crippen LogP contribution in [0.25, 0.3) is 6.08 Å². The Kier molecular flexibility index (Phi) is 5.62. The minimum Gasteiger partial charge on any atom is -0.359 e. The van der Waals surface area contributed by atoms with Gasteiger partial charge in [-0.2, -0.15) is 0 Å². The summed E-state index contributed by atoms with van der Waals surface area (Å²) < 4.78 is 26.4. The molecule has 1 aromatic heterocycles. The van der Waals surface area contributed by atoms with E-state index >= 15 is 0 Å². The third-order valence-corrected chi connectivity index (χ3v) is 7.78. The second-order valence-electron chi connectivity index (χ2n) is 7.07. The number of aromatic nitrogens is 1. The molecule has 0 aliphatic heterocycles. The van der Waals surface area contributed by atoms with E-state index in [0.29, 0.717) is 18.5 Å². The molecule has 1 heterocycles. The Hall–Kier alpha value is -0.920. The number of fused-ring (bicyclic) bond motifs is 1. The quantitative estimate of drug-likeness (QED) is 0.806. The van der Waals surface area contributed by atoms with Gasteiger partial charge >= 0.3 is 0 Å². The van der Waals surface area contributed by atoms with Gasteiger partial charge in [0, 0.05) is 17.5 Å². The maximum atomic E-state index is 11.8. The lowest BCUT2D eigenvalue weighted by molar-refractivity contribution is 0.337. The lowest BCUT2D eigenvalue weighted by Crippen LogP contribution is -2.37. The molecule has 2 aliphatic carbocycles. The van der Waals surface area contributed by atoms with Crippen molar-refractivity contribution in [2.24, 2.45) is 5.92 Å². The van der Waals surface area contributed by atoms with E-state index in [1.165, 1.54) is 4.88 Å². The van der Waals surface area contributed by atoms with Gasteiger partial charge in [-0.25, -0.2) is 18.1 Å². The number of allylic oxidation sites excluding steroid dienone is 1. The molecule has 0 saturated heterocycles. The van der Waals surface area contributed by atoms with Crippen LogP contribution in [-0.2, 0) is 16.4 Å². The maximum Gasteiger partial charge on any atom is 0.213 e. The van der Waals surface area contributed by atoms with Crippen LogP contribution in [0.5, 0.6) is 0 Å². The van der Waals surface area contributed by atoms with Gasteiger partial charge < -0.3 is 5.32 Å².